The molecule has 1 aliphatic heterocycles. The second kappa shape index (κ2) is 7.53. The van der Waals surface area contributed by atoms with Crippen molar-refractivity contribution >= 4 is 40.5 Å². The van der Waals surface area contributed by atoms with Crippen LogP contribution >= 0.6 is 11.6 Å². The Morgan fingerprint density at radius 2 is 1.88 bits per heavy atom. The van der Waals surface area contributed by atoms with Crippen molar-refractivity contribution in [2.24, 2.45) is 0 Å². The first-order valence-electron chi connectivity index (χ1n) is 8.11. The van der Waals surface area contributed by atoms with E-state index >= 15 is 0 Å². The number of piperidine rings is 1. The van der Waals surface area contributed by atoms with Crippen molar-refractivity contribution in [3.8, 4) is 0 Å². The molecule has 0 aliphatic carbocycles. The molecule has 0 saturated carbocycles. The van der Waals surface area contributed by atoms with Crippen LogP contribution in [0.4, 0.5) is 17.1 Å². The number of hydrogen-bond acceptors (Lipinski definition) is 4. The first-order valence-corrected chi connectivity index (χ1v) is 8.49. The molecule has 0 aromatic heterocycles. The van der Waals surface area contributed by atoms with Crippen molar-refractivity contribution in [2.75, 3.05) is 16.8 Å². The van der Waals surface area contributed by atoms with Crippen LogP contribution in [0.5, 0.6) is 0 Å². The van der Waals surface area contributed by atoms with Gasteiger partial charge in [-0.05, 0) is 49.2 Å². The standard InChI is InChI=1S/C18H16ClN3O4/c19-15-9-4-12(11-16(15)22(25)26)18(24)20-13-5-7-14(8-6-13)21-10-2-1-3-17(21)23/h4-9,11H,1-3,10H2,(H,20,24). The number of nitro benzene ring substituents is 1. The number of carbonyl (C=O) groups is 2. The van der Waals surface area contributed by atoms with Gasteiger partial charge >= 0.3 is 0 Å². The number of carbonyl (C=O) groups excluding carboxylic acids is 2. The van der Waals surface area contributed by atoms with Gasteiger partial charge in [-0.3, -0.25) is 19.7 Å². The van der Waals surface area contributed by atoms with Gasteiger partial charge in [-0.25, -0.2) is 0 Å². The largest absolute Gasteiger partial charge is 0.322 e. The van der Waals surface area contributed by atoms with Gasteiger partial charge in [0, 0.05) is 36.0 Å². The Kier molecular flexibility index (Phi) is 5.18. The molecule has 7 nitrogen and oxygen atoms in total. The van der Waals surface area contributed by atoms with Crippen LogP contribution in [0.15, 0.2) is 42.5 Å². The molecule has 134 valence electrons. The maximum Gasteiger partial charge on any atom is 0.288 e. The van der Waals surface area contributed by atoms with Gasteiger partial charge in [0.05, 0.1) is 4.92 Å². The van der Waals surface area contributed by atoms with Crippen LogP contribution in [0.2, 0.25) is 5.02 Å². The summed E-state index contributed by atoms with van der Waals surface area (Å²) < 4.78 is 0. The number of nitro groups is 1. The third-order valence-corrected chi connectivity index (χ3v) is 4.48. The van der Waals surface area contributed by atoms with Gasteiger partial charge in [0.2, 0.25) is 5.91 Å². The summed E-state index contributed by atoms with van der Waals surface area (Å²) >= 11 is 5.75. The van der Waals surface area contributed by atoms with Gasteiger partial charge in [0.15, 0.2) is 0 Å². The molecule has 0 unspecified atom stereocenters. The van der Waals surface area contributed by atoms with E-state index in [-0.39, 0.29) is 22.2 Å². The normalized spacial score (nSPS) is 14.2. The minimum absolute atomic E-state index is 0.0258. The van der Waals surface area contributed by atoms with Crippen LogP contribution in [0.3, 0.4) is 0 Å². The Balaban J connectivity index is 1.73. The number of hydrogen-bond donors (Lipinski definition) is 1. The van der Waals surface area contributed by atoms with E-state index in [1.165, 1.54) is 12.1 Å². The Labute approximate surface area is 154 Å². The van der Waals surface area contributed by atoms with E-state index in [1.807, 2.05) is 0 Å². The molecule has 8 heteroatoms. The van der Waals surface area contributed by atoms with Crippen LogP contribution < -0.4 is 10.2 Å². The number of nitrogens with zero attached hydrogens (tertiary/aromatic N) is 2. The van der Waals surface area contributed by atoms with E-state index in [0.29, 0.717) is 18.7 Å². The summed E-state index contributed by atoms with van der Waals surface area (Å²) in [5.74, 6) is -0.381. The molecule has 26 heavy (non-hydrogen) atoms. The first-order chi connectivity index (χ1) is 12.5. The molecule has 2 aromatic rings. The van der Waals surface area contributed by atoms with E-state index in [4.69, 9.17) is 11.6 Å². The third kappa shape index (κ3) is 3.83. The molecule has 1 N–H and O–H groups in total. The zero-order valence-corrected chi connectivity index (χ0v) is 14.5. The quantitative estimate of drug-likeness (QED) is 0.647. The van der Waals surface area contributed by atoms with Crippen LogP contribution in [0, 0.1) is 10.1 Å². The number of anilines is 2. The second-order valence-electron chi connectivity index (χ2n) is 5.93. The first kappa shape index (κ1) is 17.9. The average Bonchev–Trinajstić information content (AvgIpc) is 2.63. The molecule has 1 heterocycles. The smallest absolute Gasteiger partial charge is 0.288 e. The molecule has 1 saturated heterocycles. The van der Waals surface area contributed by atoms with Crippen molar-refractivity contribution in [3.05, 3.63) is 63.2 Å². The third-order valence-electron chi connectivity index (χ3n) is 4.17. The molecular weight excluding hydrogens is 358 g/mol. The predicted molar refractivity (Wildman–Crippen MR) is 98.7 cm³/mol. The fraction of sp³-hybridized carbons (Fsp3) is 0.222. The second-order valence-corrected chi connectivity index (χ2v) is 6.33. The summed E-state index contributed by atoms with van der Waals surface area (Å²) in [5, 5.41) is 13.6. The fourth-order valence-electron chi connectivity index (χ4n) is 2.80. The Bertz CT molecular complexity index is 867. The minimum Gasteiger partial charge on any atom is -0.322 e. The summed E-state index contributed by atoms with van der Waals surface area (Å²) in [6.07, 6.45) is 2.43. The van der Waals surface area contributed by atoms with Crippen molar-refractivity contribution in [1.29, 1.82) is 0 Å². The van der Waals surface area contributed by atoms with Gasteiger partial charge in [0.1, 0.15) is 5.02 Å². The highest BCUT2D eigenvalue weighted by Crippen LogP contribution is 2.26. The number of rotatable bonds is 4. The van der Waals surface area contributed by atoms with E-state index in [1.54, 1.807) is 29.2 Å². The highest BCUT2D eigenvalue weighted by Gasteiger charge is 2.20. The molecule has 0 atom stereocenters. The lowest BCUT2D eigenvalue weighted by Crippen LogP contribution is -2.35. The van der Waals surface area contributed by atoms with Gasteiger partial charge in [-0.15, -0.1) is 0 Å². The SMILES string of the molecule is O=C(Nc1ccc(N2CCCCC2=O)cc1)c1ccc(Cl)c([N+](=O)[O-])c1. The van der Waals surface area contributed by atoms with Crippen molar-refractivity contribution in [2.45, 2.75) is 19.3 Å². The molecule has 0 spiro atoms. The van der Waals surface area contributed by atoms with Gasteiger partial charge < -0.3 is 10.2 Å². The Hall–Kier alpha value is -2.93. The molecular formula is C18H16ClN3O4. The van der Waals surface area contributed by atoms with Crippen LogP contribution in [-0.2, 0) is 4.79 Å². The number of halogens is 1. The van der Waals surface area contributed by atoms with E-state index in [0.717, 1.165) is 24.6 Å². The van der Waals surface area contributed by atoms with E-state index in [9.17, 15) is 19.7 Å². The van der Waals surface area contributed by atoms with Crippen molar-refractivity contribution in [3.63, 3.8) is 0 Å². The number of nitrogens with one attached hydrogen (secondary N) is 1. The topological polar surface area (TPSA) is 92.6 Å². The summed E-state index contributed by atoms with van der Waals surface area (Å²) in [7, 11) is 0. The summed E-state index contributed by atoms with van der Waals surface area (Å²) in [6, 6.07) is 10.8. The maximum absolute atomic E-state index is 12.3. The Morgan fingerprint density at radius 1 is 1.15 bits per heavy atom. The summed E-state index contributed by atoms with van der Waals surface area (Å²) in [4.78, 5) is 36.3. The molecule has 0 radical (unpaired) electrons. The predicted octanol–water partition coefficient (Wildman–Crippen LogP) is 4.02. The minimum atomic E-state index is -0.635. The lowest BCUT2D eigenvalue weighted by atomic mass is 10.1. The lowest BCUT2D eigenvalue weighted by Gasteiger charge is -2.26. The molecule has 2 amide bonds. The number of amides is 2. The molecule has 3 rings (SSSR count). The van der Waals surface area contributed by atoms with Crippen LogP contribution in [0.25, 0.3) is 0 Å². The zero-order chi connectivity index (χ0) is 18.7. The van der Waals surface area contributed by atoms with E-state index < -0.39 is 10.8 Å². The monoisotopic (exact) mass is 373 g/mol. The van der Waals surface area contributed by atoms with Crippen LogP contribution in [-0.4, -0.2) is 23.3 Å². The molecule has 2 aromatic carbocycles. The van der Waals surface area contributed by atoms with E-state index in [2.05, 4.69) is 5.32 Å². The summed E-state index contributed by atoms with van der Waals surface area (Å²) in [5.41, 5.74) is 1.13. The molecule has 1 aliphatic rings. The van der Waals surface area contributed by atoms with Gasteiger partial charge in [-0.2, -0.15) is 0 Å². The van der Waals surface area contributed by atoms with Crippen molar-refractivity contribution in [1.82, 2.24) is 0 Å². The van der Waals surface area contributed by atoms with Crippen molar-refractivity contribution < 1.29 is 14.5 Å². The molecule has 1 fully saturated rings. The number of benzene rings is 2. The average molecular weight is 374 g/mol. The lowest BCUT2D eigenvalue weighted by molar-refractivity contribution is -0.384. The Morgan fingerprint density at radius 3 is 2.54 bits per heavy atom. The maximum atomic E-state index is 12.3. The highest BCUT2D eigenvalue weighted by molar-refractivity contribution is 6.32. The van der Waals surface area contributed by atoms with Crippen LogP contribution in [0.1, 0.15) is 29.6 Å². The molecule has 0 bridgehead atoms. The summed E-state index contributed by atoms with van der Waals surface area (Å²) in [6.45, 7) is 0.693. The van der Waals surface area contributed by atoms with Gasteiger partial charge in [0.25, 0.3) is 11.6 Å². The fourth-order valence-corrected chi connectivity index (χ4v) is 2.99. The highest BCUT2D eigenvalue weighted by atomic mass is 35.5. The van der Waals surface area contributed by atoms with Gasteiger partial charge in [-0.1, -0.05) is 11.6 Å². The zero-order valence-electron chi connectivity index (χ0n) is 13.8.